The lowest BCUT2D eigenvalue weighted by Crippen LogP contribution is -2.36. The van der Waals surface area contributed by atoms with Gasteiger partial charge in [0, 0.05) is 25.8 Å². The number of carbonyl (C=O) groups is 1. The number of morpholine rings is 1. The number of nitrogens with one attached hydrogen (secondary N) is 1. The van der Waals surface area contributed by atoms with Gasteiger partial charge in [-0.1, -0.05) is 18.7 Å². The molecule has 6 nitrogen and oxygen atoms in total. The molecule has 1 aromatic carbocycles. The number of aromatic nitrogens is 2. The summed E-state index contributed by atoms with van der Waals surface area (Å²) in [5.41, 5.74) is 2.48. The lowest BCUT2D eigenvalue weighted by Gasteiger charge is -2.28. The minimum Gasteiger partial charge on any atom is -0.378 e. The van der Waals surface area contributed by atoms with E-state index in [9.17, 15) is 4.79 Å². The Hall–Kier alpha value is -2.77. The fourth-order valence-corrected chi connectivity index (χ4v) is 3.74. The molecule has 1 fully saturated rings. The average Bonchev–Trinajstić information content (AvgIpc) is 3.16. The van der Waals surface area contributed by atoms with Crippen molar-refractivity contribution in [2.24, 2.45) is 0 Å². The van der Waals surface area contributed by atoms with E-state index in [1.165, 1.54) is 6.08 Å². The van der Waals surface area contributed by atoms with Gasteiger partial charge in [-0.25, -0.2) is 9.97 Å². The van der Waals surface area contributed by atoms with Gasteiger partial charge in [-0.3, -0.25) is 4.79 Å². The van der Waals surface area contributed by atoms with Crippen molar-refractivity contribution in [3.63, 3.8) is 0 Å². The lowest BCUT2D eigenvalue weighted by atomic mass is 10.2. The zero-order chi connectivity index (χ0) is 17.9. The maximum absolute atomic E-state index is 11.6. The third-order valence-corrected chi connectivity index (χ3v) is 5.07. The Bertz CT molecular complexity index is 969. The molecular formula is C19H20N4O2S. The largest absolute Gasteiger partial charge is 0.378 e. The normalized spacial score (nSPS) is 14.4. The Kier molecular flexibility index (Phi) is 4.64. The van der Waals surface area contributed by atoms with Gasteiger partial charge in [0.25, 0.3) is 0 Å². The van der Waals surface area contributed by atoms with Crippen LogP contribution in [0.15, 0.2) is 48.4 Å². The summed E-state index contributed by atoms with van der Waals surface area (Å²) in [6.07, 6.45) is 1.25. The number of amides is 1. The van der Waals surface area contributed by atoms with Crippen molar-refractivity contribution in [1.82, 2.24) is 9.97 Å². The molecule has 0 bridgehead atoms. The summed E-state index contributed by atoms with van der Waals surface area (Å²) in [5, 5.41) is 4.81. The summed E-state index contributed by atoms with van der Waals surface area (Å²) in [7, 11) is 0. The molecule has 26 heavy (non-hydrogen) atoms. The van der Waals surface area contributed by atoms with Crippen LogP contribution in [0.5, 0.6) is 0 Å². The number of hydrogen-bond acceptors (Lipinski definition) is 6. The molecule has 0 radical (unpaired) electrons. The van der Waals surface area contributed by atoms with Crippen LogP contribution >= 0.6 is 11.3 Å². The first-order valence-electron chi connectivity index (χ1n) is 8.36. The molecule has 3 heterocycles. The monoisotopic (exact) mass is 368 g/mol. The third kappa shape index (κ3) is 3.31. The quantitative estimate of drug-likeness (QED) is 0.713. The van der Waals surface area contributed by atoms with E-state index >= 15 is 0 Å². The zero-order valence-corrected chi connectivity index (χ0v) is 15.0. The minimum atomic E-state index is -0.245. The smallest absolute Gasteiger partial charge is 0.247 e. The van der Waals surface area contributed by atoms with E-state index in [0.717, 1.165) is 34.7 Å². The Morgan fingerprint density at radius 3 is 2.96 bits per heavy atom. The van der Waals surface area contributed by atoms with Crippen LogP contribution in [0.1, 0.15) is 1.43 Å². The van der Waals surface area contributed by atoms with Gasteiger partial charge in [0.15, 0.2) is 11.6 Å². The number of fused-ring (bicyclic) bond motifs is 1. The van der Waals surface area contributed by atoms with Gasteiger partial charge < -0.3 is 15.0 Å². The summed E-state index contributed by atoms with van der Waals surface area (Å²) in [6.45, 7) is 6.52. The van der Waals surface area contributed by atoms with Crippen molar-refractivity contribution in [2.45, 2.75) is 0 Å². The highest BCUT2D eigenvalue weighted by Crippen LogP contribution is 2.32. The number of hydrogen-bond donors (Lipinski definition) is 1. The highest BCUT2D eigenvalue weighted by atomic mass is 32.1. The molecular weight excluding hydrogens is 348 g/mol. The summed E-state index contributed by atoms with van der Waals surface area (Å²) < 4.78 is 6.55. The van der Waals surface area contributed by atoms with Gasteiger partial charge in [-0.15, -0.1) is 11.3 Å². The molecule has 0 unspecified atom stereocenters. The van der Waals surface area contributed by atoms with Crippen molar-refractivity contribution in [3.8, 4) is 11.4 Å². The van der Waals surface area contributed by atoms with E-state index in [-0.39, 0.29) is 7.33 Å². The van der Waals surface area contributed by atoms with Crippen molar-refractivity contribution >= 4 is 39.0 Å². The van der Waals surface area contributed by atoms with E-state index in [0.29, 0.717) is 24.7 Å². The number of benzene rings is 1. The molecule has 7 heteroatoms. The molecule has 0 atom stereocenters. The number of rotatable bonds is 4. The molecule has 2 aromatic heterocycles. The van der Waals surface area contributed by atoms with Crippen LogP contribution in [0, 0.1) is 0 Å². The van der Waals surface area contributed by atoms with Crippen LogP contribution in [-0.2, 0) is 9.53 Å². The molecule has 1 N–H and O–H groups in total. The Morgan fingerprint density at radius 1 is 1.31 bits per heavy atom. The molecule has 0 saturated carbocycles. The number of thiophene rings is 1. The fourth-order valence-electron chi connectivity index (χ4n) is 2.90. The molecule has 1 saturated heterocycles. The van der Waals surface area contributed by atoms with Gasteiger partial charge >= 0.3 is 0 Å². The maximum Gasteiger partial charge on any atom is 0.247 e. The van der Waals surface area contributed by atoms with Crippen LogP contribution in [0.3, 0.4) is 0 Å². The van der Waals surface area contributed by atoms with E-state index in [1.54, 1.807) is 11.3 Å². The van der Waals surface area contributed by atoms with Crippen LogP contribution in [0.25, 0.3) is 21.6 Å². The molecule has 4 rings (SSSR count). The molecule has 1 aliphatic rings. The standard InChI is InChI=1S/C19H18N4O2S.H2/c1-2-16(24)20-14-5-3-4-13(12-14)18-21-15-6-11-26-17(15)19(22-18)23-7-9-25-10-8-23;/h2-6,11-12H,1,7-10H2,(H,20,24);1H. The molecule has 3 aromatic rings. The van der Waals surface area contributed by atoms with Crippen LogP contribution < -0.4 is 10.2 Å². The van der Waals surface area contributed by atoms with Crippen LogP contribution in [0.4, 0.5) is 11.5 Å². The van der Waals surface area contributed by atoms with Gasteiger partial charge in [0.05, 0.1) is 23.4 Å². The molecule has 134 valence electrons. The van der Waals surface area contributed by atoms with Crippen molar-refractivity contribution in [1.29, 1.82) is 0 Å². The Labute approximate surface area is 156 Å². The van der Waals surface area contributed by atoms with E-state index in [2.05, 4.69) is 16.8 Å². The van der Waals surface area contributed by atoms with Gasteiger partial charge in [-0.05, 0) is 29.7 Å². The summed E-state index contributed by atoms with van der Waals surface area (Å²) >= 11 is 1.65. The number of nitrogens with zero attached hydrogens (tertiary/aromatic N) is 3. The topological polar surface area (TPSA) is 67.4 Å². The highest BCUT2D eigenvalue weighted by molar-refractivity contribution is 7.17. The Morgan fingerprint density at radius 2 is 2.15 bits per heavy atom. The summed E-state index contributed by atoms with van der Waals surface area (Å²) in [6, 6.07) is 9.54. The molecule has 0 aliphatic carbocycles. The van der Waals surface area contributed by atoms with Crippen LogP contribution in [0.2, 0.25) is 0 Å². The first-order chi connectivity index (χ1) is 12.7. The average molecular weight is 368 g/mol. The number of carbonyl (C=O) groups excluding carboxylic acids is 1. The molecule has 0 spiro atoms. The number of ether oxygens (including phenoxy) is 1. The molecule has 1 aliphatic heterocycles. The second-order valence-corrected chi connectivity index (χ2v) is 6.80. The van der Waals surface area contributed by atoms with Crippen molar-refractivity contribution in [3.05, 3.63) is 48.4 Å². The first kappa shape index (κ1) is 16.7. The second kappa shape index (κ2) is 7.23. The van der Waals surface area contributed by atoms with Crippen molar-refractivity contribution < 1.29 is 11.0 Å². The molecule has 1 amide bonds. The SMILES string of the molecule is C=CC(=O)Nc1cccc(-c2nc(N3CCOCC3)c3sccc3n2)c1.[HH]. The maximum atomic E-state index is 11.6. The zero-order valence-electron chi connectivity index (χ0n) is 14.1. The van der Waals surface area contributed by atoms with Gasteiger partial charge in [0.2, 0.25) is 5.91 Å². The van der Waals surface area contributed by atoms with E-state index < -0.39 is 0 Å². The minimum absolute atomic E-state index is 0. The fraction of sp³-hybridized carbons (Fsp3) is 0.211. The summed E-state index contributed by atoms with van der Waals surface area (Å²) in [4.78, 5) is 23.4. The highest BCUT2D eigenvalue weighted by Gasteiger charge is 2.19. The third-order valence-electron chi connectivity index (χ3n) is 4.17. The van der Waals surface area contributed by atoms with E-state index in [1.807, 2.05) is 35.7 Å². The summed E-state index contributed by atoms with van der Waals surface area (Å²) in [5.74, 6) is 1.35. The first-order valence-corrected chi connectivity index (χ1v) is 9.24. The van der Waals surface area contributed by atoms with Gasteiger partial charge in [-0.2, -0.15) is 0 Å². The Balaban J connectivity index is 0.00000210. The second-order valence-electron chi connectivity index (χ2n) is 5.88. The number of anilines is 2. The van der Waals surface area contributed by atoms with Gasteiger partial charge in [0.1, 0.15) is 0 Å². The predicted octanol–water partition coefficient (Wildman–Crippen LogP) is 3.57. The van der Waals surface area contributed by atoms with Crippen LogP contribution in [-0.4, -0.2) is 42.2 Å². The van der Waals surface area contributed by atoms with Crippen molar-refractivity contribution in [2.75, 3.05) is 36.5 Å². The predicted molar refractivity (Wildman–Crippen MR) is 107 cm³/mol. The lowest BCUT2D eigenvalue weighted by molar-refractivity contribution is -0.111. The van der Waals surface area contributed by atoms with E-state index in [4.69, 9.17) is 14.7 Å².